The number of carbonyl (C=O) groups is 1. The first-order valence-electron chi connectivity index (χ1n) is 6.22. The van der Waals surface area contributed by atoms with Gasteiger partial charge < -0.3 is 10.4 Å². The van der Waals surface area contributed by atoms with Gasteiger partial charge in [0.2, 0.25) is 0 Å². The van der Waals surface area contributed by atoms with E-state index in [-0.39, 0.29) is 0 Å². The monoisotopic (exact) mass is 255 g/mol. The molecule has 0 radical (unpaired) electrons. The first-order valence-corrected chi connectivity index (χ1v) is 7.10. The molecule has 1 rings (SSSR count). The van der Waals surface area contributed by atoms with Gasteiger partial charge in [0.25, 0.3) is 0 Å². The summed E-state index contributed by atoms with van der Waals surface area (Å²) in [6, 6.07) is 4.70. The number of hydrogen-bond acceptors (Lipinski definition) is 3. The van der Waals surface area contributed by atoms with Gasteiger partial charge >= 0.3 is 5.97 Å². The number of rotatable bonds is 9. The van der Waals surface area contributed by atoms with Crippen LogP contribution in [0.1, 0.15) is 49.9 Å². The molecule has 3 nitrogen and oxygen atoms in total. The fourth-order valence-corrected chi connectivity index (χ4v) is 2.68. The molecular formula is C13H21NO2S. The highest BCUT2D eigenvalue weighted by molar-refractivity contribution is 7.10. The second-order valence-corrected chi connectivity index (χ2v) is 5.11. The molecule has 0 aliphatic carbocycles. The normalized spacial score (nSPS) is 12.5. The Morgan fingerprint density at radius 3 is 2.88 bits per heavy atom. The van der Waals surface area contributed by atoms with E-state index >= 15 is 0 Å². The molecule has 4 heteroatoms. The third-order valence-electron chi connectivity index (χ3n) is 2.75. The lowest BCUT2D eigenvalue weighted by atomic mass is 10.1. The van der Waals surface area contributed by atoms with Crippen molar-refractivity contribution >= 4 is 17.3 Å². The van der Waals surface area contributed by atoms with E-state index in [9.17, 15) is 4.79 Å². The lowest BCUT2D eigenvalue weighted by molar-refractivity contribution is -0.137. The van der Waals surface area contributed by atoms with Crippen LogP contribution in [0.25, 0.3) is 0 Å². The minimum atomic E-state index is -0.692. The summed E-state index contributed by atoms with van der Waals surface area (Å²) in [5, 5.41) is 14.1. The third-order valence-corrected chi connectivity index (χ3v) is 3.74. The van der Waals surface area contributed by atoms with Crippen molar-refractivity contribution in [2.45, 2.75) is 45.1 Å². The fourth-order valence-electron chi connectivity index (χ4n) is 1.79. The van der Waals surface area contributed by atoms with Gasteiger partial charge in [0, 0.05) is 17.3 Å². The van der Waals surface area contributed by atoms with Crippen molar-refractivity contribution in [2.75, 3.05) is 6.54 Å². The average molecular weight is 255 g/mol. The summed E-state index contributed by atoms with van der Waals surface area (Å²) in [4.78, 5) is 11.7. The van der Waals surface area contributed by atoms with Crippen LogP contribution in [-0.4, -0.2) is 17.6 Å². The number of aliphatic carboxylic acids is 1. The number of carboxylic acid groups (broad SMARTS) is 1. The summed E-state index contributed by atoms with van der Waals surface area (Å²) in [5.74, 6) is -0.692. The number of thiophene rings is 1. The molecule has 96 valence electrons. The lowest BCUT2D eigenvalue weighted by Gasteiger charge is -2.15. The molecule has 0 bridgehead atoms. The van der Waals surface area contributed by atoms with Crippen LogP contribution in [0.4, 0.5) is 0 Å². The second kappa shape index (κ2) is 8.25. The van der Waals surface area contributed by atoms with Gasteiger partial charge in [-0.15, -0.1) is 11.3 Å². The van der Waals surface area contributed by atoms with E-state index in [4.69, 9.17) is 5.11 Å². The molecule has 0 saturated carbocycles. The van der Waals surface area contributed by atoms with E-state index < -0.39 is 5.97 Å². The standard InChI is InChI=1S/C13H21NO2S/c1-2-11(12-7-6-10-17-12)14-9-5-3-4-8-13(15)16/h6-7,10-11,14H,2-5,8-9H2,1H3,(H,15,16). The van der Waals surface area contributed by atoms with Crippen molar-refractivity contribution in [3.63, 3.8) is 0 Å². The van der Waals surface area contributed by atoms with E-state index in [2.05, 4.69) is 29.8 Å². The summed E-state index contributed by atoms with van der Waals surface area (Å²) >= 11 is 1.79. The molecule has 0 aliphatic heterocycles. The van der Waals surface area contributed by atoms with E-state index in [1.807, 2.05) is 0 Å². The summed E-state index contributed by atoms with van der Waals surface area (Å²) in [7, 11) is 0. The maximum atomic E-state index is 10.3. The zero-order valence-corrected chi connectivity index (χ0v) is 11.1. The summed E-state index contributed by atoms with van der Waals surface area (Å²) in [6.07, 6.45) is 4.21. The summed E-state index contributed by atoms with van der Waals surface area (Å²) in [5.41, 5.74) is 0. The molecule has 0 amide bonds. The quantitative estimate of drug-likeness (QED) is 0.665. The molecule has 0 saturated heterocycles. The highest BCUT2D eigenvalue weighted by Gasteiger charge is 2.08. The molecule has 0 spiro atoms. The van der Waals surface area contributed by atoms with E-state index in [1.54, 1.807) is 11.3 Å². The molecule has 1 atom stereocenters. The first-order chi connectivity index (χ1) is 8.24. The summed E-state index contributed by atoms with van der Waals surface area (Å²) < 4.78 is 0. The zero-order valence-electron chi connectivity index (χ0n) is 10.3. The Bertz CT molecular complexity index is 311. The molecular weight excluding hydrogens is 234 g/mol. The van der Waals surface area contributed by atoms with Crippen LogP contribution >= 0.6 is 11.3 Å². The largest absolute Gasteiger partial charge is 0.481 e. The SMILES string of the molecule is CCC(NCCCCCC(=O)O)c1cccs1. The van der Waals surface area contributed by atoms with Gasteiger partial charge in [0.15, 0.2) is 0 Å². The van der Waals surface area contributed by atoms with E-state index in [1.165, 1.54) is 4.88 Å². The molecule has 1 aromatic rings. The smallest absolute Gasteiger partial charge is 0.303 e. The van der Waals surface area contributed by atoms with Crippen LogP contribution in [0.15, 0.2) is 17.5 Å². The maximum absolute atomic E-state index is 10.3. The molecule has 0 aliphatic rings. The maximum Gasteiger partial charge on any atom is 0.303 e. The predicted molar refractivity (Wildman–Crippen MR) is 71.5 cm³/mol. The van der Waals surface area contributed by atoms with Crippen LogP contribution in [0.3, 0.4) is 0 Å². The van der Waals surface area contributed by atoms with Gasteiger partial charge in [-0.05, 0) is 37.3 Å². The van der Waals surface area contributed by atoms with Crippen molar-refractivity contribution in [1.82, 2.24) is 5.32 Å². The Hall–Kier alpha value is -0.870. The highest BCUT2D eigenvalue weighted by atomic mass is 32.1. The lowest BCUT2D eigenvalue weighted by Crippen LogP contribution is -2.21. The Balaban J connectivity index is 2.10. The molecule has 2 N–H and O–H groups in total. The Morgan fingerprint density at radius 2 is 2.29 bits per heavy atom. The van der Waals surface area contributed by atoms with Gasteiger partial charge in [-0.25, -0.2) is 0 Å². The number of nitrogens with one attached hydrogen (secondary N) is 1. The topological polar surface area (TPSA) is 49.3 Å². The van der Waals surface area contributed by atoms with Gasteiger partial charge in [0.05, 0.1) is 0 Å². The van der Waals surface area contributed by atoms with Crippen molar-refractivity contribution < 1.29 is 9.90 Å². The van der Waals surface area contributed by atoms with Crippen LogP contribution in [0.2, 0.25) is 0 Å². The van der Waals surface area contributed by atoms with Crippen molar-refractivity contribution in [1.29, 1.82) is 0 Å². The van der Waals surface area contributed by atoms with Gasteiger partial charge in [-0.3, -0.25) is 4.79 Å². The molecule has 1 heterocycles. The Morgan fingerprint density at radius 1 is 1.47 bits per heavy atom. The third kappa shape index (κ3) is 5.84. The first kappa shape index (κ1) is 14.2. The summed E-state index contributed by atoms with van der Waals surface area (Å²) in [6.45, 7) is 3.15. The van der Waals surface area contributed by atoms with Crippen LogP contribution in [0.5, 0.6) is 0 Å². The molecule has 1 aromatic heterocycles. The van der Waals surface area contributed by atoms with Crippen molar-refractivity contribution in [2.24, 2.45) is 0 Å². The van der Waals surface area contributed by atoms with Crippen molar-refractivity contribution in [3.8, 4) is 0 Å². The number of hydrogen-bond donors (Lipinski definition) is 2. The predicted octanol–water partition coefficient (Wildman–Crippen LogP) is 3.43. The van der Waals surface area contributed by atoms with Crippen LogP contribution < -0.4 is 5.32 Å². The minimum Gasteiger partial charge on any atom is -0.481 e. The number of unbranched alkanes of at least 4 members (excludes halogenated alkanes) is 2. The Kier molecular flexibility index (Phi) is 6.89. The van der Waals surface area contributed by atoms with Gasteiger partial charge in [-0.2, -0.15) is 0 Å². The fraction of sp³-hybridized carbons (Fsp3) is 0.615. The second-order valence-electron chi connectivity index (χ2n) is 4.13. The van der Waals surface area contributed by atoms with Crippen molar-refractivity contribution in [3.05, 3.63) is 22.4 Å². The number of carboxylic acids is 1. The van der Waals surface area contributed by atoms with Crippen LogP contribution in [0, 0.1) is 0 Å². The molecule has 0 fully saturated rings. The minimum absolute atomic E-state index is 0.294. The van der Waals surface area contributed by atoms with E-state index in [0.717, 1.165) is 32.2 Å². The molecule has 0 aromatic carbocycles. The molecule has 17 heavy (non-hydrogen) atoms. The van der Waals surface area contributed by atoms with Crippen LogP contribution in [-0.2, 0) is 4.79 Å². The van der Waals surface area contributed by atoms with Gasteiger partial charge in [0.1, 0.15) is 0 Å². The average Bonchev–Trinajstić information content (AvgIpc) is 2.81. The zero-order chi connectivity index (χ0) is 12.5. The molecule has 1 unspecified atom stereocenters. The van der Waals surface area contributed by atoms with Gasteiger partial charge in [-0.1, -0.05) is 19.4 Å². The Labute approximate surface area is 107 Å². The van der Waals surface area contributed by atoms with E-state index in [0.29, 0.717) is 12.5 Å². The highest BCUT2D eigenvalue weighted by Crippen LogP contribution is 2.21.